The van der Waals surface area contributed by atoms with Gasteiger partial charge in [0.15, 0.2) is 0 Å². The van der Waals surface area contributed by atoms with Gasteiger partial charge >= 0.3 is 6.03 Å². The molecule has 1 aromatic heterocycles. The second-order valence-corrected chi connectivity index (χ2v) is 6.07. The Morgan fingerprint density at radius 2 is 2.04 bits per heavy atom. The summed E-state index contributed by atoms with van der Waals surface area (Å²) in [5.74, 6) is 0.433. The average molecular weight is 314 g/mol. The van der Waals surface area contributed by atoms with E-state index in [0.29, 0.717) is 19.0 Å². The molecule has 0 fully saturated rings. The highest BCUT2D eigenvalue weighted by Gasteiger charge is 2.12. The number of hydrogen-bond donors (Lipinski definition) is 1. The zero-order valence-corrected chi connectivity index (χ0v) is 14.4. The highest BCUT2D eigenvalue weighted by atomic mass is 16.2. The van der Waals surface area contributed by atoms with E-state index in [-0.39, 0.29) is 6.03 Å². The zero-order chi connectivity index (χ0) is 16.8. The second-order valence-electron chi connectivity index (χ2n) is 6.07. The van der Waals surface area contributed by atoms with Crippen LogP contribution in [0.1, 0.15) is 36.1 Å². The first-order chi connectivity index (χ1) is 11.0. The zero-order valence-electron chi connectivity index (χ0n) is 14.4. The lowest BCUT2D eigenvalue weighted by atomic mass is 9.98. The van der Waals surface area contributed by atoms with Crippen molar-refractivity contribution in [2.24, 2.45) is 7.05 Å². The first-order valence-corrected chi connectivity index (χ1v) is 8.00. The molecule has 0 saturated carbocycles. The van der Waals surface area contributed by atoms with Gasteiger partial charge in [-0.25, -0.2) is 4.79 Å². The van der Waals surface area contributed by atoms with Crippen LogP contribution < -0.4 is 5.32 Å². The van der Waals surface area contributed by atoms with Crippen LogP contribution in [0.2, 0.25) is 0 Å². The van der Waals surface area contributed by atoms with Gasteiger partial charge in [0.1, 0.15) is 0 Å². The largest absolute Gasteiger partial charge is 0.338 e. The van der Waals surface area contributed by atoms with Crippen molar-refractivity contribution in [3.05, 3.63) is 53.3 Å². The Bertz CT molecular complexity index is 636. The Kier molecular flexibility index (Phi) is 5.79. The monoisotopic (exact) mass is 314 g/mol. The minimum Gasteiger partial charge on any atom is -0.338 e. The molecular weight excluding hydrogens is 288 g/mol. The molecule has 1 heterocycles. The number of benzene rings is 1. The molecule has 5 heteroatoms. The lowest BCUT2D eigenvalue weighted by Crippen LogP contribution is -2.37. The number of aryl methyl sites for hydroxylation is 1. The van der Waals surface area contributed by atoms with Gasteiger partial charge in [-0.15, -0.1) is 0 Å². The van der Waals surface area contributed by atoms with Crippen LogP contribution in [0.15, 0.2) is 36.5 Å². The predicted molar refractivity (Wildman–Crippen MR) is 92.3 cm³/mol. The van der Waals surface area contributed by atoms with E-state index in [4.69, 9.17) is 0 Å². The number of carbonyl (C=O) groups excluding carboxylic acids is 1. The predicted octanol–water partition coefficient (Wildman–Crippen LogP) is 3.06. The van der Waals surface area contributed by atoms with E-state index in [2.05, 4.69) is 41.6 Å². The van der Waals surface area contributed by atoms with Crippen LogP contribution in [0.3, 0.4) is 0 Å². The molecule has 1 aromatic carbocycles. The van der Waals surface area contributed by atoms with Gasteiger partial charge in [0, 0.05) is 31.9 Å². The van der Waals surface area contributed by atoms with Crippen LogP contribution in [0.25, 0.3) is 0 Å². The molecule has 23 heavy (non-hydrogen) atoms. The van der Waals surface area contributed by atoms with Crippen LogP contribution >= 0.6 is 0 Å². The molecule has 5 nitrogen and oxygen atoms in total. The van der Waals surface area contributed by atoms with E-state index in [1.54, 1.807) is 4.90 Å². The van der Waals surface area contributed by atoms with Crippen molar-refractivity contribution in [2.45, 2.75) is 32.7 Å². The molecule has 2 aromatic rings. The van der Waals surface area contributed by atoms with Gasteiger partial charge < -0.3 is 10.2 Å². The topological polar surface area (TPSA) is 50.2 Å². The van der Waals surface area contributed by atoms with E-state index in [9.17, 15) is 4.79 Å². The number of nitrogens with one attached hydrogen (secondary N) is 1. The maximum absolute atomic E-state index is 12.2. The number of carbonyl (C=O) groups is 1. The molecule has 0 bridgehead atoms. The Labute approximate surface area is 138 Å². The summed E-state index contributed by atoms with van der Waals surface area (Å²) in [6.07, 6.45) is 2.74. The van der Waals surface area contributed by atoms with Gasteiger partial charge in [0.05, 0.1) is 12.7 Å². The summed E-state index contributed by atoms with van der Waals surface area (Å²) < 4.78 is 1.82. The SMILES string of the molecule is Cc1c(CN(C)C(=O)NCC[C@H](C)c2ccccc2)cnn1C. The Hall–Kier alpha value is -2.30. The van der Waals surface area contributed by atoms with E-state index >= 15 is 0 Å². The molecule has 0 aliphatic carbocycles. The summed E-state index contributed by atoms with van der Waals surface area (Å²) >= 11 is 0. The average Bonchev–Trinajstić information content (AvgIpc) is 2.87. The van der Waals surface area contributed by atoms with Crippen molar-refractivity contribution in [1.82, 2.24) is 20.0 Å². The fourth-order valence-electron chi connectivity index (χ4n) is 2.51. The number of amides is 2. The molecule has 2 amide bonds. The normalized spacial score (nSPS) is 12.0. The molecule has 0 radical (unpaired) electrons. The lowest BCUT2D eigenvalue weighted by Gasteiger charge is -2.19. The smallest absolute Gasteiger partial charge is 0.317 e. The van der Waals surface area contributed by atoms with E-state index in [1.165, 1.54) is 5.56 Å². The summed E-state index contributed by atoms with van der Waals surface area (Å²) in [4.78, 5) is 13.9. The van der Waals surface area contributed by atoms with E-state index in [0.717, 1.165) is 17.7 Å². The van der Waals surface area contributed by atoms with Crippen molar-refractivity contribution in [3.8, 4) is 0 Å². The standard InChI is InChI=1S/C18H26N4O/c1-14(16-8-6-5-7-9-16)10-11-19-18(23)21(3)13-17-12-20-22(4)15(17)2/h5-9,12,14H,10-11,13H2,1-4H3,(H,19,23)/t14-/m0/s1. The molecule has 0 aliphatic rings. The van der Waals surface area contributed by atoms with E-state index < -0.39 is 0 Å². The van der Waals surface area contributed by atoms with Gasteiger partial charge in [0.2, 0.25) is 0 Å². The lowest BCUT2D eigenvalue weighted by molar-refractivity contribution is 0.206. The Balaban J connectivity index is 1.77. The van der Waals surface area contributed by atoms with Crippen molar-refractivity contribution in [3.63, 3.8) is 0 Å². The fraction of sp³-hybridized carbons (Fsp3) is 0.444. The van der Waals surface area contributed by atoms with Crippen LogP contribution in [-0.2, 0) is 13.6 Å². The van der Waals surface area contributed by atoms with E-state index in [1.807, 2.05) is 38.0 Å². The van der Waals surface area contributed by atoms with Crippen molar-refractivity contribution < 1.29 is 4.79 Å². The van der Waals surface area contributed by atoms with Gasteiger partial charge in [-0.3, -0.25) is 4.68 Å². The summed E-state index contributed by atoms with van der Waals surface area (Å²) in [6.45, 7) is 5.44. The molecule has 1 atom stereocenters. The fourth-order valence-corrected chi connectivity index (χ4v) is 2.51. The summed E-state index contributed by atoms with van der Waals surface area (Å²) in [5, 5.41) is 7.20. The summed E-state index contributed by atoms with van der Waals surface area (Å²) in [6, 6.07) is 10.3. The van der Waals surface area contributed by atoms with Crippen LogP contribution in [0, 0.1) is 6.92 Å². The van der Waals surface area contributed by atoms with Crippen molar-refractivity contribution in [2.75, 3.05) is 13.6 Å². The highest BCUT2D eigenvalue weighted by Crippen LogP contribution is 2.17. The van der Waals surface area contributed by atoms with Gasteiger partial charge in [-0.05, 0) is 24.8 Å². The third kappa shape index (κ3) is 4.58. The third-order valence-corrected chi connectivity index (χ3v) is 4.31. The molecular formula is C18H26N4O. The molecule has 2 rings (SSSR count). The second kappa shape index (κ2) is 7.81. The minimum atomic E-state index is -0.0477. The molecule has 0 aliphatic heterocycles. The number of nitrogens with zero attached hydrogens (tertiary/aromatic N) is 3. The van der Waals surface area contributed by atoms with Crippen LogP contribution in [0.4, 0.5) is 4.79 Å². The molecule has 0 spiro atoms. The van der Waals surface area contributed by atoms with Gasteiger partial charge in [-0.2, -0.15) is 5.10 Å². The molecule has 1 N–H and O–H groups in total. The van der Waals surface area contributed by atoms with Crippen LogP contribution in [0.5, 0.6) is 0 Å². The van der Waals surface area contributed by atoms with Crippen molar-refractivity contribution in [1.29, 1.82) is 0 Å². The third-order valence-electron chi connectivity index (χ3n) is 4.31. The highest BCUT2D eigenvalue weighted by molar-refractivity contribution is 5.73. The molecule has 0 unspecified atom stereocenters. The Morgan fingerprint density at radius 3 is 2.65 bits per heavy atom. The first kappa shape index (κ1) is 17.1. The maximum Gasteiger partial charge on any atom is 0.317 e. The number of urea groups is 1. The quantitative estimate of drug-likeness (QED) is 0.891. The first-order valence-electron chi connectivity index (χ1n) is 8.00. The number of aromatic nitrogens is 2. The Morgan fingerprint density at radius 1 is 1.35 bits per heavy atom. The molecule has 124 valence electrons. The van der Waals surface area contributed by atoms with Gasteiger partial charge in [0.25, 0.3) is 0 Å². The number of rotatable bonds is 6. The van der Waals surface area contributed by atoms with Crippen LogP contribution in [-0.4, -0.2) is 34.3 Å². The summed E-state index contributed by atoms with van der Waals surface area (Å²) in [5.41, 5.74) is 3.46. The number of hydrogen-bond acceptors (Lipinski definition) is 2. The minimum absolute atomic E-state index is 0.0477. The summed E-state index contributed by atoms with van der Waals surface area (Å²) in [7, 11) is 3.71. The van der Waals surface area contributed by atoms with Crippen molar-refractivity contribution >= 4 is 6.03 Å². The van der Waals surface area contributed by atoms with Gasteiger partial charge in [-0.1, -0.05) is 37.3 Å². The maximum atomic E-state index is 12.2. The molecule has 0 saturated heterocycles.